The molecule has 0 aromatic heterocycles. The highest BCUT2D eigenvalue weighted by Gasteiger charge is 2.04. The van der Waals surface area contributed by atoms with Gasteiger partial charge < -0.3 is 10.6 Å². The number of carbonyl (C=O) groups excluding carboxylic acids is 2. The summed E-state index contributed by atoms with van der Waals surface area (Å²) in [6, 6.07) is 15.4. The van der Waals surface area contributed by atoms with Crippen LogP contribution in [-0.4, -0.2) is 24.9 Å². The van der Waals surface area contributed by atoms with Crippen molar-refractivity contribution >= 4 is 23.4 Å². The lowest BCUT2D eigenvalue weighted by Crippen LogP contribution is -2.35. The molecule has 0 aliphatic carbocycles. The van der Waals surface area contributed by atoms with Crippen molar-refractivity contribution in [3.8, 4) is 0 Å². The minimum atomic E-state index is -0.0729. The van der Waals surface area contributed by atoms with Crippen LogP contribution in [0.25, 0.3) is 0 Å². The Kier molecular flexibility index (Phi) is 7.48. The smallest absolute Gasteiger partial charge is 0.224 e. The predicted molar refractivity (Wildman–Crippen MR) is 101 cm³/mol. The van der Waals surface area contributed by atoms with E-state index in [1.54, 1.807) is 12.1 Å². The molecule has 2 N–H and O–H groups in total. The Morgan fingerprint density at radius 1 is 0.840 bits per heavy atom. The van der Waals surface area contributed by atoms with Crippen LogP contribution in [0.4, 0.5) is 0 Å². The largest absolute Gasteiger partial charge is 0.354 e. The second kappa shape index (κ2) is 9.84. The molecule has 2 amide bonds. The Labute approximate surface area is 153 Å². The van der Waals surface area contributed by atoms with Crippen molar-refractivity contribution < 1.29 is 9.59 Å². The van der Waals surface area contributed by atoms with Gasteiger partial charge in [0.2, 0.25) is 11.8 Å². The van der Waals surface area contributed by atoms with Crippen molar-refractivity contribution in [2.24, 2.45) is 0 Å². The first-order valence-corrected chi connectivity index (χ1v) is 8.74. The number of amides is 2. The van der Waals surface area contributed by atoms with E-state index in [0.29, 0.717) is 31.0 Å². The standard InChI is InChI=1S/C20H23ClN2O2/c1-15-2-4-16(5-3-15)8-11-19(24)22-12-13-23-20(25)14-17-6-9-18(21)10-7-17/h2-7,9-10H,8,11-14H2,1H3,(H,22,24)(H,23,25). The molecule has 132 valence electrons. The molecular formula is C20H23ClN2O2. The molecule has 5 heteroatoms. The monoisotopic (exact) mass is 358 g/mol. The first-order valence-electron chi connectivity index (χ1n) is 8.36. The van der Waals surface area contributed by atoms with Gasteiger partial charge in [0.25, 0.3) is 0 Å². The average Bonchev–Trinajstić information content (AvgIpc) is 2.60. The lowest BCUT2D eigenvalue weighted by molar-refractivity contribution is -0.122. The van der Waals surface area contributed by atoms with Crippen LogP contribution in [0.1, 0.15) is 23.1 Å². The second-order valence-corrected chi connectivity index (χ2v) is 6.43. The molecule has 25 heavy (non-hydrogen) atoms. The van der Waals surface area contributed by atoms with Crippen LogP contribution in [0.15, 0.2) is 48.5 Å². The zero-order valence-corrected chi connectivity index (χ0v) is 15.1. The van der Waals surface area contributed by atoms with E-state index >= 15 is 0 Å². The van der Waals surface area contributed by atoms with Crippen LogP contribution < -0.4 is 10.6 Å². The summed E-state index contributed by atoms with van der Waals surface area (Å²) in [5.74, 6) is -0.0799. The van der Waals surface area contributed by atoms with E-state index in [1.165, 1.54) is 5.56 Å². The maximum absolute atomic E-state index is 11.8. The SMILES string of the molecule is Cc1ccc(CCC(=O)NCCNC(=O)Cc2ccc(Cl)cc2)cc1. The maximum atomic E-state index is 11.8. The number of halogens is 1. The second-order valence-electron chi connectivity index (χ2n) is 5.99. The Morgan fingerprint density at radius 2 is 1.40 bits per heavy atom. The number of aryl methyl sites for hydroxylation is 2. The van der Waals surface area contributed by atoms with Crippen LogP contribution in [-0.2, 0) is 22.4 Å². The summed E-state index contributed by atoms with van der Waals surface area (Å²) in [6.45, 7) is 2.89. The summed E-state index contributed by atoms with van der Waals surface area (Å²) in [7, 11) is 0. The molecule has 0 aliphatic heterocycles. The normalized spacial score (nSPS) is 10.3. The molecule has 2 rings (SSSR count). The molecule has 4 nitrogen and oxygen atoms in total. The summed E-state index contributed by atoms with van der Waals surface area (Å²) in [5.41, 5.74) is 3.27. The molecule has 0 radical (unpaired) electrons. The van der Waals surface area contributed by atoms with Gasteiger partial charge >= 0.3 is 0 Å². The summed E-state index contributed by atoms with van der Waals surface area (Å²) in [4.78, 5) is 23.6. The molecule has 0 atom stereocenters. The van der Waals surface area contributed by atoms with Crippen LogP contribution in [0.5, 0.6) is 0 Å². The highest BCUT2D eigenvalue weighted by Crippen LogP contribution is 2.09. The molecule has 2 aromatic carbocycles. The summed E-state index contributed by atoms with van der Waals surface area (Å²) in [5, 5.41) is 6.26. The lowest BCUT2D eigenvalue weighted by Gasteiger charge is -2.08. The number of rotatable bonds is 8. The zero-order valence-electron chi connectivity index (χ0n) is 14.3. The van der Waals surface area contributed by atoms with E-state index < -0.39 is 0 Å². The molecule has 0 spiro atoms. The minimum absolute atomic E-state index is 0.00692. The molecule has 0 heterocycles. The number of hydrogen-bond acceptors (Lipinski definition) is 2. The minimum Gasteiger partial charge on any atom is -0.354 e. The van der Waals surface area contributed by atoms with Crippen molar-refractivity contribution in [1.82, 2.24) is 10.6 Å². The van der Waals surface area contributed by atoms with E-state index in [0.717, 1.165) is 17.5 Å². The maximum Gasteiger partial charge on any atom is 0.224 e. The zero-order chi connectivity index (χ0) is 18.1. The van der Waals surface area contributed by atoms with Gasteiger partial charge in [-0.25, -0.2) is 0 Å². The third kappa shape index (κ3) is 7.40. The first-order chi connectivity index (χ1) is 12.0. The molecular weight excluding hydrogens is 336 g/mol. The van der Waals surface area contributed by atoms with Crippen LogP contribution in [0.2, 0.25) is 5.02 Å². The van der Waals surface area contributed by atoms with E-state index in [2.05, 4.69) is 10.6 Å². The molecule has 0 aliphatic rings. The highest BCUT2D eigenvalue weighted by atomic mass is 35.5. The van der Waals surface area contributed by atoms with Gasteiger partial charge in [-0.3, -0.25) is 9.59 Å². The Hall–Kier alpha value is -2.33. The van der Waals surface area contributed by atoms with E-state index in [9.17, 15) is 9.59 Å². The van der Waals surface area contributed by atoms with Gasteiger partial charge in [0.15, 0.2) is 0 Å². The van der Waals surface area contributed by atoms with Gasteiger partial charge in [-0.15, -0.1) is 0 Å². The molecule has 0 unspecified atom stereocenters. The Bertz CT molecular complexity index is 697. The fraction of sp³-hybridized carbons (Fsp3) is 0.300. The van der Waals surface area contributed by atoms with Gasteiger partial charge in [-0.1, -0.05) is 53.6 Å². The third-order valence-corrected chi connectivity index (χ3v) is 4.06. The molecule has 0 saturated heterocycles. The van der Waals surface area contributed by atoms with Crippen molar-refractivity contribution in [3.05, 3.63) is 70.2 Å². The fourth-order valence-corrected chi connectivity index (χ4v) is 2.48. The fourth-order valence-electron chi connectivity index (χ4n) is 2.35. The van der Waals surface area contributed by atoms with Crippen molar-refractivity contribution in [2.45, 2.75) is 26.2 Å². The summed E-state index contributed by atoms with van der Waals surface area (Å²) in [6.07, 6.45) is 1.47. The van der Waals surface area contributed by atoms with E-state index in [4.69, 9.17) is 11.6 Å². The molecule has 2 aromatic rings. The van der Waals surface area contributed by atoms with Crippen molar-refractivity contribution in [3.63, 3.8) is 0 Å². The molecule has 0 bridgehead atoms. The first kappa shape index (κ1) is 19.0. The third-order valence-electron chi connectivity index (χ3n) is 3.81. The Balaban J connectivity index is 1.58. The van der Waals surface area contributed by atoms with Crippen LogP contribution in [0, 0.1) is 6.92 Å². The number of hydrogen-bond donors (Lipinski definition) is 2. The lowest BCUT2D eigenvalue weighted by atomic mass is 10.1. The van der Waals surface area contributed by atoms with Crippen molar-refractivity contribution in [2.75, 3.05) is 13.1 Å². The predicted octanol–water partition coefficient (Wildman–Crippen LogP) is 3.06. The van der Waals surface area contributed by atoms with Gasteiger partial charge in [-0.2, -0.15) is 0 Å². The quantitative estimate of drug-likeness (QED) is 0.712. The summed E-state index contributed by atoms with van der Waals surface area (Å²) < 4.78 is 0. The average molecular weight is 359 g/mol. The van der Waals surface area contributed by atoms with E-state index in [-0.39, 0.29) is 11.8 Å². The van der Waals surface area contributed by atoms with Gasteiger partial charge in [0.1, 0.15) is 0 Å². The highest BCUT2D eigenvalue weighted by molar-refractivity contribution is 6.30. The van der Waals surface area contributed by atoms with Gasteiger partial charge in [0, 0.05) is 24.5 Å². The van der Waals surface area contributed by atoms with Crippen LogP contribution >= 0.6 is 11.6 Å². The number of nitrogens with one attached hydrogen (secondary N) is 2. The number of benzene rings is 2. The Morgan fingerprint density at radius 3 is 2.04 bits per heavy atom. The van der Waals surface area contributed by atoms with Gasteiger partial charge in [0.05, 0.1) is 6.42 Å². The topological polar surface area (TPSA) is 58.2 Å². The van der Waals surface area contributed by atoms with E-state index in [1.807, 2.05) is 43.3 Å². The molecule has 0 fully saturated rings. The van der Waals surface area contributed by atoms with Crippen molar-refractivity contribution in [1.29, 1.82) is 0 Å². The van der Waals surface area contributed by atoms with Crippen LogP contribution in [0.3, 0.4) is 0 Å². The summed E-state index contributed by atoms with van der Waals surface area (Å²) >= 11 is 5.81. The molecule has 0 saturated carbocycles. The van der Waals surface area contributed by atoms with Gasteiger partial charge in [-0.05, 0) is 36.6 Å². The number of carbonyl (C=O) groups is 2.